The maximum absolute atomic E-state index is 13.5. The Labute approximate surface area is 126 Å². The summed E-state index contributed by atoms with van der Waals surface area (Å²) in [5, 5.41) is 12.7. The van der Waals surface area contributed by atoms with Crippen molar-refractivity contribution in [2.75, 3.05) is 12.4 Å². The topological polar surface area (TPSA) is 70.8 Å². The summed E-state index contributed by atoms with van der Waals surface area (Å²) in [6, 6.07) is 11.4. The third-order valence-corrected chi connectivity index (χ3v) is 3.13. The van der Waals surface area contributed by atoms with Crippen LogP contribution in [0.4, 0.5) is 15.9 Å². The number of nitriles is 1. The molecule has 1 aromatic heterocycles. The highest BCUT2D eigenvalue weighted by Crippen LogP contribution is 2.27. The highest BCUT2D eigenvalue weighted by Gasteiger charge is 2.07. The van der Waals surface area contributed by atoms with Crippen molar-refractivity contribution in [3.63, 3.8) is 0 Å². The van der Waals surface area contributed by atoms with Crippen LogP contribution in [0, 0.1) is 17.1 Å². The van der Waals surface area contributed by atoms with Crippen molar-refractivity contribution in [1.29, 1.82) is 5.26 Å². The van der Waals surface area contributed by atoms with Crippen LogP contribution in [-0.2, 0) is 0 Å². The molecule has 108 valence electrons. The summed E-state index contributed by atoms with van der Waals surface area (Å²) >= 11 is 0. The van der Waals surface area contributed by atoms with Crippen molar-refractivity contribution in [1.82, 2.24) is 9.97 Å². The predicted molar refractivity (Wildman–Crippen MR) is 80.5 cm³/mol. The molecule has 0 saturated heterocycles. The molecule has 5 nitrogen and oxygen atoms in total. The smallest absolute Gasteiger partial charge is 0.141 e. The van der Waals surface area contributed by atoms with Gasteiger partial charge in [0.15, 0.2) is 0 Å². The molecule has 0 bridgehead atoms. The zero-order valence-electron chi connectivity index (χ0n) is 11.7. The molecule has 1 N–H and O–H groups in total. The average Bonchev–Trinajstić information content (AvgIpc) is 2.54. The van der Waals surface area contributed by atoms with Gasteiger partial charge < -0.3 is 10.1 Å². The molecule has 0 amide bonds. The van der Waals surface area contributed by atoms with Gasteiger partial charge in [-0.1, -0.05) is 0 Å². The van der Waals surface area contributed by atoms with Gasteiger partial charge in [0.05, 0.1) is 24.3 Å². The van der Waals surface area contributed by atoms with Gasteiger partial charge in [-0.05, 0) is 36.4 Å². The molecular weight excluding hydrogens is 283 g/mol. The molecule has 0 radical (unpaired) electrons. The molecule has 3 rings (SSSR count). The molecule has 0 aliphatic rings. The number of aromatic nitrogens is 2. The summed E-state index contributed by atoms with van der Waals surface area (Å²) in [5.74, 6) is 0.693. The van der Waals surface area contributed by atoms with Crippen molar-refractivity contribution < 1.29 is 9.13 Å². The van der Waals surface area contributed by atoms with E-state index in [0.717, 1.165) is 10.9 Å². The normalized spacial score (nSPS) is 10.2. The van der Waals surface area contributed by atoms with Crippen LogP contribution in [0.15, 0.2) is 42.7 Å². The van der Waals surface area contributed by atoms with Crippen molar-refractivity contribution >= 4 is 22.4 Å². The van der Waals surface area contributed by atoms with E-state index in [1.54, 1.807) is 25.3 Å². The first-order valence-electron chi connectivity index (χ1n) is 6.46. The Kier molecular flexibility index (Phi) is 3.54. The SMILES string of the molecule is COc1ccc2ncnc(Nc3cc(F)cc(C#N)c3)c2c1. The number of halogens is 1. The molecule has 0 aliphatic heterocycles. The molecule has 6 heteroatoms. The van der Waals surface area contributed by atoms with Gasteiger partial charge in [-0.2, -0.15) is 5.26 Å². The molecule has 22 heavy (non-hydrogen) atoms. The Hall–Kier alpha value is -3.20. The highest BCUT2D eigenvalue weighted by atomic mass is 19.1. The maximum Gasteiger partial charge on any atom is 0.141 e. The molecule has 0 spiro atoms. The van der Waals surface area contributed by atoms with Gasteiger partial charge in [-0.15, -0.1) is 0 Å². The van der Waals surface area contributed by atoms with Gasteiger partial charge in [-0.25, -0.2) is 14.4 Å². The van der Waals surface area contributed by atoms with Crippen molar-refractivity contribution in [3.05, 3.63) is 54.1 Å². The first kappa shape index (κ1) is 13.8. The standard InChI is InChI=1S/C16H11FN4O/c1-22-13-2-3-15-14(7-13)16(20-9-19-15)21-12-5-10(8-18)4-11(17)6-12/h2-7,9H,1H3,(H,19,20,21). The van der Waals surface area contributed by atoms with Crippen LogP contribution < -0.4 is 10.1 Å². The lowest BCUT2D eigenvalue weighted by molar-refractivity contribution is 0.415. The summed E-state index contributed by atoms with van der Waals surface area (Å²) in [4.78, 5) is 8.36. The third-order valence-electron chi connectivity index (χ3n) is 3.13. The lowest BCUT2D eigenvalue weighted by atomic mass is 10.2. The number of fused-ring (bicyclic) bond motifs is 1. The largest absolute Gasteiger partial charge is 0.497 e. The Balaban J connectivity index is 2.07. The van der Waals surface area contributed by atoms with Gasteiger partial charge in [0.1, 0.15) is 23.7 Å². The van der Waals surface area contributed by atoms with Crippen LogP contribution in [0.2, 0.25) is 0 Å². The Morgan fingerprint density at radius 2 is 2.05 bits per heavy atom. The van der Waals surface area contributed by atoms with Crippen molar-refractivity contribution in [2.45, 2.75) is 0 Å². The van der Waals surface area contributed by atoms with E-state index in [1.807, 2.05) is 12.1 Å². The lowest BCUT2D eigenvalue weighted by Gasteiger charge is -2.09. The molecule has 2 aromatic carbocycles. The predicted octanol–water partition coefficient (Wildman–Crippen LogP) is 3.39. The van der Waals surface area contributed by atoms with E-state index in [9.17, 15) is 4.39 Å². The average molecular weight is 294 g/mol. The Morgan fingerprint density at radius 1 is 1.18 bits per heavy atom. The van der Waals surface area contributed by atoms with Crippen LogP contribution in [0.25, 0.3) is 10.9 Å². The molecule has 1 heterocycles. The van der Waals surface area contributed by atoms with E-state index in [-0.39, 0.29) is 5.56 Å². The number of methoxy groups -OCH3 is 1. The first-order chi connectivity index (χ1) is 10.7. The number of benzene rings is 2. The number of nitrogens with zero attached hydrogens (tertiary/aromatic N) is 3. The lowest BCUT2D eigenvalue weighted by Crippen LogP contribution is -1.97. The molecule has 3 aromatic rings. The fraction of sp³-hybridized carbons (Fsp3) is 0.0625. The summed E-state index contributed by atoms with van der Waals surface area (Å²) in [6.45, 7) is 0. The minimum absolute atomic E-state index is 0.235. The van der Waals surface area contributed by atoms with Crippen LogP contribution in [0.3, 0.4) is 0 Å². The maximum atomic E-state index is 13.5. The molecular formula is C16H11FN4O. The Morgan fingerprint density at radius 3 is 2.82 bits per heavy atom. The number of anilines is 2. The summed E-state index contributed by atoms with van der Waals surface area (Å²) in [6.07, 6.45) is 1.42. The summed E-state index contributed by atoms with van der Waals surface area (Å²) in [7, 11) is 1.57. The summed E-state index contributed by atoms with van der Waals surface area (Å²) < 4.78 is 18.7. The van der Waals surface area contributed by atoms with E-state index in [0.29, 0.717) is 17.3 Å². The minimum Gasteiger partial charge on any atom is -0.497 e. The quantitative estimate of drug-likeness (QED) is 0.801. The van der Waals surface area contributed by atoms with Crippen LogP contribution >= 0.6 is 0 Å². The fourth-order valence-corrected chi connectivity index (χ4v) is 2.13. The van der Waals surface area contributed by atoms with Gasteiger partial charge in [0.2, 0.25) is 0 Å². The fourth-order valence-electron chi connectivity index (χ4n) is 2.13. The van der Waals surface area contributed by atoms with E-state index in [1.165, 1.54) is 18.5 Å². The molecule has 0 saturated carbocycles. The van der Waals surface area contributed by atoms with Gasteiger partial charge in [-0.3, -0.25) is 0 Å². The van der Waals surface area contributed by atoms with Gasteiger partial charge in [0, 0.05) is 11.1 Å². The molecule has 0 aliphatic carbocycles. The van der Waals surface area contributed by atoms with Crippen LogP contribution in [-0.4, -0.2) is 17.1 Å². The Bertz CT molecular complexity index is 889. The number of nitrogens with one attached hydrogen (secondary N) is 1. The molecule has 0 atom stereocenters. The van der Waals surface area contributed by atoms with E-state index >= 15 is 0 Å². The number of rotatable bonds is 3. The van der Waals surface area contributed by atoms with Crippen molar-refractivity contribution in [3.8, 4) is 11.8 Å². The van der Waals surface area contributed by atoms with E-state index in [4.69, 9.17) is 10.00 Å². The first-order valence-corrected chi connectivity index (χ1v) is 6.46. The van der Waals surface area contributed by atoms with Gasteiger partial charge in [0.25, 0.3) is 0 Å². The second-order valence-electron chi connectivity index (χ2n) is 4.57. The van der Waals surface area contributed by atoms with Crippen LogP contribution in [0.1, 0.15) is 5.56 Å². The van der Waals surface area contributed by atoms with Crippen molar-refractivity contribution in [2.24, 2.45) is 0 Å². The summed E-state index contributed by atoms with van der Waals surface area (Å²) in [5.41, 5.74) is 1.41. The molecule has 0 fully saturated rings. The number of ether oxygens (including phenoxy) is 1. The van der Waals surface area contributed by atoms with E-state index < -0.39 is 5.82 Å². The second-order valence-corrected chi connectivity index (χ2v) is 4.57. The number of hydrogen-bond donors (Lipinski definition) is 1. The number of hydrogen-bond acceptors (Lipinski definition) is 5. The monoisotopic (exact) mass is 294 g/mol. The second kappa shape index (κ2) is 5.66. The van der Waals surface area contributed by atoms with Crippen LogP contribution in [0.5, 0.6) is 5.75 Å². The van der Waals surface area contributed by atoms with Gasteiger partial charge >= 0.3 is 0 Å². The zero-order chi connectivity index (χ0) is 15.5. The minimum atomic E-state index is -0.488. The third kappa shape index (κ3) is 2.65. The van der Waals surface area contributed by atoms with E-state index in [2.05, 4.69) is 15.3 Å². The zero-order valence-corrected chi connectivity index (χ0v) is 11.7. The molecule has 0 unspecified atom stereocenters. The highest BCUT2D eigenvalue weighted by molar-refractivity contribution is 5.91.